The van der Waals surface area contributed by atoms with Crippen LogP contribution >= 0.6 is 22.9 Å². The van der Waals surface area contributed by atoms with E-state index in [1.807, 2.05) is 0 Å². The summed E-state index contributed by atoms with van der Waals surface area (Å²) in [4.78, 5) is 3.88. The van der Waals surface area contributed by atoms with Crippen molar-refractivity contribution < 1.29 is 12.8 Å². The second-order valence-electron chi connectivity index (χ2n) is 3.79. The van der Waals surface area contributed by atoms with Gasteiger partial charge >= 0.3 is 0 Å². The molecule has 0 N–H and O–H groups in total. The first kappa shape index (κ1) is 14.2. The Morgan fingerprint density at radius 2 is 2.11 bits per heavy atom. The monoisotopic (exact) mass is 320 g/mol. The van der Waals surface area contributed by atoms with Crippen LogP contribution in [-0.4, -0.2) is 20.4 Å². The first-order valence-electron chi connectivity index (χ1n) is 5.20. The SMILES string of the molecule is Cc1nc(Cl)sc1S(=O)(=O)N(C)c1cccc(F)c1. The van der Waals surface area contributed by atoms with E-state index in [0.717, 1.165) is 21.7 Å². The van der Waals surface area contributed by atoms with Gasteiger partial charge in [-0.25, -0.2) is 17.8 Å². The third-order valence-electron chi connectivity index (χ3n) is 2.49. The highest BCUT2D eigenvalue weighted by atomic mass is 35.5. The molecule has 0 aliphatic heterocycles. The third-order valence-corrected chi connectivity index (χ3v) is 6.13. The van der Waals surface area contributed by atoms with Crippen molar-refractivity contribution in [2.45, 2.75) is 11.1 Å². The summed E-state index contributed by atoms with van der Waals surface area (Å²) >= 11 is 6.59. The largest absolute Gasteiger partial charge is 0.275 e. The minimum atomic E-state index is -3.78. The van der Waals surface area contributed by atoms with Gasteiger partial charge in [0, 0.05) is 7.05 Å². The Morgan fingerprint density at radius 1 is 1.42 bits per heavy atom. The highest BCUT2D eigenvalue weighted by Crippen LogP contribution is 2.31. The lowest BCUT2D eigenvalue weighted by molar-refractivity contribution is 0.595. The molecule has 0 saturated carbocycles. The lowest BCUT2D eigenvalue weighted by Gasteiger charge is -2.18. The van der Waals surface area contributed by atoms with Gasteiger partial charge in [0.1, 0.15) is 5.82 Å². The molecule has 0 saturated heterocycles. The zero-order valence-electron chi connectivity index (χ0n) is 10.1. The van der Waals surface area contributed by atoms with Crippen molar-refractivity contribution in [2.75, 3.05) is 11.4 Å². The maximum Gasteiger partial charge on any atom is 0.275 e. The third kappa shape index (κ3) is 2.72. The van der Waals surface area contributed by atoms with E-state index in [4.69, 9.17) is 11.6 Å². The predicted octanol–water partition coefficient (Wildman–Crippen LogP) is 3.07. The second-order valence-corrected chi connectivity index (χ2v) is 7.54. The van der Waals surface area contributed by atoms with Crippen LogP contribution in [0.1, 0.15) is 5.69 Å². The fourth-order valence-electron chi connectivity index (χ4n) is 1.53. The van der Waals surface area contributed by atoms with Crippen molar-refractivity contribution in [3.8, 4) is 0 Å². The summed E-state index contributed by atoms with van der Waals surface area (Å²) in [5.41, 5.74) is 0.571. The Kier molecular flexibility index (Phi) is 3.80. The van der Waals surface area contributed by atoms with Crippen LogP contribution < -0.4 is 4.31 Å². The molecular formula is C11H10ClFN2O2S2. The molecule has 19 heavy (non-hydrogen) atoms. The Morgan fingerprint density at radius 3 is 2.63 bits per heavy atom. The van der Waals surface area contributed by atoms with E-state index in [1.54, 1.807) is 6.92 Å². The molecule has 0 aliphatic carbocycles. The summed E-state index contributed by atoms with van der Waals surface area (Å²) in [6.07, 6.45) is 0. The topological polar surface area (TPSA) is 50.3 Å². The number of hydrogen-bond acceptors (Lipinski definition) is 4. The summed E-state index contributed by atoms with van der Waals surface area (Å²) in [5, 5.41) is 0. The van der Waals surface area contributed by atoms with Gasteiger partial charge in [0.15, 0.2) is 8.68 Å². The molecule has 102 valence electrons. The number of nitrogens with zero attached hydrogens (tertiary/aromatic N) is 2. The molecule has 0 fully saturated rings. The maximum absolute atomic E-state index is 13.1. The minimum Gasteiger partial charge on any atom is -0.269 e. The molecule has 0 bridgehead atoms. The lowest BCUT2D eigenvalue weighted by atomic mass is 10.3. The van der Waals surface area contributed by atoms with Crippen LogP contribution in [0.5, 0.6) is 0 Å². The molecule has 1 aromatic heterocycles. The van der Waals surface area contributed by atoms with Gasteiger partial charge in [0.05, 0.1) is 11.4 Å². The van der Waals surface area contributed by atoms with Crippen molar-refractivity contribution >= 4 is 38.6 Å². The van der Waals surface area contributed by atoms with E-state index in [0.29, 0.717) is 5.69 Å². The van der Waals surface area contributed by atoms with E-state index in [2.05, 4.69) is 4.98 Å². The quantitative estimate of drug-likeness (QED) is 0.873. The van der Waals surface area contributed by atoms with Crippen molar-refractivity contribution in [1.29, 1.82) is 0 Å². The lowest BCUT2D eigenvalue weighted by Crippen LogP contribution is -2.26. The van der Waals surface area contributed by atoms with Gasteiger partial charge in [-0.15, -0.1) is 0 Å². The Balaban J connectivity index is 2.48. The van der Waals surface area contributed by atoms with Crippen LogP contribution in [0.4, 0.5) is 10.1 Å². The fourth-order valence-corrected chi connectivity index (χ4v) is 4.60. The molecule has 0 amide bonds. The molecular weight excluding hydrogens is 311 g/mol. The molecule has 0 radical (unpaired) electrons. The van der Waals surface area contributed by atoms with E-state index in [1.165, 1.54) is 25.2 Å². The van der Waals surface area contributed by atoms with Crippen molar-refractivity contribution in [2.24, 2.45) is 0 Å². The van der Waals surface area contributed by atoms with Crippen LogP contribution in [0.15, 0.2) is 28.5 Å². The fraction of sp³-hybridized carbons (Fsp3) is 0.182. The predicted molar refractivity (Wildman–Crippen MR) is 73.8 cm³/mol. The maximum atomic E-state index is 13.1. The molecule has 0 spiro atoms. The zero-order chi connectivity index (χ0) is 14.2. The molecule has 1 heterocycles. The van der Waals surface area contributed by atoms with Crippen LogP contribution in [-0.2, 0) is 10.0 Å². The van der Waals surface area contributed by atoms with Crippen LogP contribution in [0.2, 0.25) is 4.47 Å². The minimum absolute atomic E-state index is 0.0595. The molecule has 1 aromatic carbocycles. The van der Waals surface area contributed by atoms with Crippen LogP contribution in [0, 0.1) is 12.7 Å². The molecule has 4 nitrogen and oxygen atoms in total. The van der Waals surface area contributed by atoms with Gasteiger partial charge in [-0.3, -0.25) is 4.31 Å². The highest BCUT2D eigenvalue weighted by molar-refractivity contribution is 7.94. The van der Waals surface area contributed by atoms with Gasteiger partial charge in [0.25, 0.3) is 10.0 Å². The average molecular weight is 321 g/mol. The number of benzene rings is 1. The summed E-state index contributed by atoms with van der Waals surface area (Å²) < 4.78 is 39.2. The summed E-state index contributed by atoms with van der Waals surface area (Å²) in [7, 11) is -2.42. The molecule has 2 rings (SSSR count). The number of aromatic nitrogens is 1. The van der Waals surface area contributed by atoms with Gasteiger partial charge in [-0.2, -0.15) is 0 Å². The second kappa shape index (κ2) is 5.07. The first-order chi connectivity index (χ1) is 8.82. The number of sulfonamides is 1. The van der Waals surface area contributed by atoms with Crippen LogP contribution in [0.25, 0.3) is 0 Å². The van der Waals surface area contributed by atoms with E-state index >= 15 is 0 Å². The van der Waals surface area contributed by atoms with E-state index in [9.17, 15) is 12.8 Å². The smallest absolute Gasteiger partial charge is 0.269 e. The molecule has 0 atom stereocenters. The molecule has 0 aliphatic rings. The van der Waals surface area contributed by atoms with E-state index in [-0.39, 0.29) is 14.4 Å². The Bertz CT molecular complexity index is 715. The summed E-state index contributed by atoms with van der Waals surface area (Å²) in [5.74, 6) is -0.501. The standard InChI is InChI=1S/C11H10ClFN2O2S2/c1-7-10(18-11(12)14-7)19(16,17)15(2)9-5-3-4-8(13)6-9/h3-6H,1-2H3. The molecule has 8 heteroatoms. The van der Waals surface area contributed by atoms with Crippen molar-refractivity contribution in [3.05, 3.63) is 40.2 Å². The van der Waals surface area contributed by atoms with Gasteiger partial charge in [0.2, 0.25) is 0 Å². The van der Waals surface area contributed by atoms with Gasteiger partial charge in [-0.1, -0.05) is 29.0 Å². The van der Waals surface area contributed by atoms with Gasteiger partial charge in [-0.05, 0) is 25.1 Å². The normalized spacial score (nSPS) is 11.6. The average Bonchev–Trinajstić information content (AvgIpc) is 2.68. The Hall–Kier alpha value is -1.18. The first-order valence-corrected chi connectivity index (χ1v) is 7.83. The zero-order valence-corrected chi connectivity index (χ0v) is 12.5. The number of thiazole rings is 1. The highest BCUT2D eigenvalue weighted by Gasteiger charge is 2.26. The number of halogens is 2. The number of hydrogen-bond donors (Lipinski definition) is 0. The number of anilines is 1. The Labute approximate surface area is 119 Å². The molecule has 2 aromatic rings. The van der Waals surface area contributed by atoms with Gasteiger partial charge < -0.3 is 0 Å². The summed E-state index contributed by atoms with van der Waals surface area (Å²) in [6.45, 7) is 1.56. The van der Waals surface area contributed by atoms with Crippen molar-refractivity contribution in [3.63, 3.8) is 0 Å². The summed E-state index contributed by atoms with van der Waals surface area (Å²) in [6, 6.07) is 5.36. The molecule has 0 unspecified atom stereocenters. The van der Waals surface area contributed by atoms with Crippen LogP contribution in [0.3, 0.4) is 0 Å². The van der Waals surface area contributed by atoms with E-state index < -0.39 is 15.8 Å². The number of aryl methyl sites for hydroxylation is 1. The number of rotatable bonds is 3. The van der Waals surface area contributed by atoms with Crippen molar-refractivity contribution in [1.82, 2.24) is 4.98 Å².